The number of thiophene rings is 1. The van der Waals surface area contributed by atoms with E-state index in [1.54, 1.807) is 25.3 Å². The summed E-state index contributed by atoms with van der Waals surface area (Å²) in [5.74, 6) is 0.149. The zero-order chi connectivity index (χ0) is 17.5. The Morgan fingerprint density at radius 3 is 2.67 bits per heavy atom. The van der Waals surface area contributed by atoms with Crippen molar-refractivity contribution in [3.63, 3.8) is 0 Å². The first-order chi connectivity index (χ1) is 11.3. The van der Waals surface area contributed by atoms with Crippen molar-refractivity contribution >= 4 is 28.9 Å². The molecule has 0 aromatic carbocycles. The molecule has 0 saturated carbocycles. The number of ketones is 1. The fourth-order valence-electron chi connectivity index (χ4n) is 2.55. The average Bonchev–Trinajstić information content (AvgIpc) is 3.11. The minimum absolute atomic E-state index is 0.0393. The van der Waals surface area contributed by atoms with Gasteiger partial charge in [-0.3, -0.25) is 14.6 Å². The molecule has 0 bridgehead atoms. The lowest BCUT2D eigenvalue weighted by atomic mass is 9.89. The maximum atomic E-state index is 12.9. The first-order valence-corrected chi connectivity index (χ1v) is 8.68. The Hall–Kier alpha value is -2.34. The van der Waals surface area contributed by atoms with Crippen molar-refractivity contribution < 1.29 is 9.59 Å². The first kappa shape index (κ1) is 16.5. The highest BCUT2D eigenvalue weighted by molar-refractivity contribution is 7.12. The van der Waals surface area contributed by atoms with Crippen LogP contribution in [0.15, 0.2) is 34.8 Å². The van der Waals surface area contributed by atoms with Crippen molar-refractivity contribution in [2.75, 3.05) is 0 Å². The Morgan fingerprint density at radius 2 is 2.08 bits per heavy atom. The highest BCUT2D eigenvalue weighted by Crippen LogP contribution is 2.28. The van der Waals surface area contributed by atoms with Gasteiger partial charge in [-0.1, -0.05) is 13.8 Å². The van der Waals surface area contributed by atoms with E-state index in [9.17, 15) is 9.59 Å². The number of nitrogens with one attached hydrogen (secondary N) is 1. The van der Waals surface area contributed by atoms with E-state index in [-0.39, 0.29) is 17.6 Å². The molecular weight excluding hydrogens is 322 g/mol. The number of hydrogen-bond donors (Lipinski definition) is 1. The van der Waals surface area contributed by atoms with Gasteiger partial charge in [-0.05, 0) is 48.9 Å². The number of hydrogen-bond acceptors (Lipinski definition) is 5. The number of carbonyl (C=O) groups is 2. The zero-order valence-corrected chi connectivity index (χ0v) is 14.9. The second-order valence-electron chi connectivity index (χ2n) is 6.38. The second-order valence-corrected chi connectivity index (χ2v) is 7.29. The molecule has 1 aliphatic rings. The Bertz CT molecular complexity index is 853. The third-order valence-corrected chi connectivity index (χ3v) is 5.52. The topological polar surface area (TPSA) is 71.4 Å². The van der Waals surface area contributed by atoms with Crippen LogP contribution in [0.2, 0.25) is 0 Å². The summed E-state index contributed by atoms with van der Waals surface area (Å²) in [4.78, 5) is 34.8. The minimum atomic E-state index is -0.841. The van der Waals surface area contributed by atoms with Gasteiger partial charge >= 0.3 is 0 Å². The van der Waals surface area contributed by atoms with E-state index in [1.807, 2.05) is 32.2 Å². The average molecular weight is 341 g/mol. The molecule has 3 heterocycles. The second kappa shape index (κ2) is 5.94. The van der Waals surface area contributed by atoms with E-state index >= 15 is 0 Å². The summed E-state index contributed by atoms with van der Waals surface area (Å²) in [7, 11) is 0. The summed E-state index contributed by atoms with van der Waals surface area (Å²) in [5.41, 5.74) is 0.971. The molecular formula is C18H19N3O2S. The van der Waals surface area contributed by atoms with Gasteiger partial charge in [0.25, 0.3) is 5.91 Å². The molecule has 2 aromatic rings. The number of amides is 1. The summed E-state index contributed by atoms with van der Waals surface area (Å²) < 4.78 is 0. The summed E-state index contributed by atoms with van der Waals surface area (Å²) in [6, 6.07) is 5.36. The summed E-state index contributed by atoms with van der Waals surface area (Å²) in [5, 5.41) is 4.69. The number of carbonyl (C=O) groups excluding carboxylic acids is 2. The fourth-order valence-corrected chi connectivity index (χ4v) is 3.43. The lowest BCUT2D eigenvalue weighted by Crippen LogP contribution is -2.41. The van der Waals surface area contributed by atoms with Crippen molar-refractivity contribution in [3.05, 3.63) is 51.5 Å². The number of pyridine rings is 1. The van der Waals surface area contributed by atoms with Gasteiger partial charge in [-0.2, -0.15) is 0 Å². The van der Waals surface area contributed by atoms with Crippen LogP contribution in [0.25, 0.3) is 0 Å². The molecule has 1 amide bonds. The van der Waals surface area contributed by atoms with Gasteiger partial charge in [-0.25, -0.2) is 4.99 Å². The lowest BCUT2D eigenvalue weighted by Gasteiger charge is -2.21. The molecule has 3 rings (SSSR count). The Morgan fingerprint density at radius 1 is 1.33 bits per heavy atom. The van der Waals surface area contributed by atoms with Crippen LogP contribution < -0.4 is 5.32 Å². The van der Waals surface area contributed by atoms with E-state index < -0.39 is 5.54 Å². The van der Waals surface area contributed by atoms with Crippen molar-refractivity contribution in [1.29, 1.82) is 0 Å². The van der Waals surface area contributed by atoms with Gasteiger partial charge in [0.1, 0.15) is 11.2 Å². The monoisotopic (exact) mass is 341 g/mol. The number of aliphatic imine (C=N–C) groups is 1. The standard InChI is InChI=1S/C18H19N3O2S/c1-10(2)18(4)17(23)20-16(21-18)13-12(6-5-8-19-13)14(22)15-11(3)7-9-24-15/h5-10H,1-4H3,(H,20,21,23). The smallest absolute Gasteiger partial charge is 0.253 e. The van der Waals surface area contributed by atoms with Crippen LogP contribution in [0.3, 0.4) is 0 Å². The Kier molecular flexibility index (Phi) is 4.09. The van der Waals surface area contributed by atoms with Crippen LogP contribution in [-0.2, 0) is 4.79 Å². The van der Waals surface area contributed by atoms with Crippen LogP contribution in [-0.4, -0.2) is 28.0 Å². The van der Waals surface area contributed by atoms with E-state index in [2.05, 4.69) is 15.3 Å². The summed E-state index contributed by atoms with van der Waals surface area (Å²) in [6.45, 7) is 7.61. The highest BCUT2D eigenvalue weighted by atomic mass is 32.1. The number of aromatic nitrogens is 1. The summed E-state index contributed by atoms with van der Waals surface area (Å²) >= 11 is 1.40. The van der Waals surface area contributed by atoms with Crippen molar-refractivity contribution in [2.45, 2.75) is 33.2 Å². The molecule has 0 radical (unpaired) electrons. The van der Waals surface area contributed by atoms with E-state index in [4.69, 9.17) is 0 Å². The van der Waals surface area contributed by atoms with Crippen molar-refractivity contribution in [1.82, 2.24) is 10.3 Å². The Labute approximate surface area is 144 Å². The molecule has 6 heteroatoms. The van der Waals surface area contributed by atoms with Gasteiger partial charge in [-0.15, -0.1) is 11.3 Å². The third kappa shape index (κ3) is 2.57. The largest absolute Gasteiger partial charge is 0.307 e. The van der Waals surface area contributed by atoms with Gasteiger partial charge in [0.15, 0.2) is 5.84 Å². The van der Waals surface area contributed by atoms with Crippen LogP contribution in [0.4, 0.5) is 0 Å². The molecule has 0 fully saturated rings. The van der Waals surface area contributed by atoms with Gasteiger partial charge in [0.05, 0.1) is 10.4 Å². The number of rotatable bonds is 4. The van der Waals surface area contributed by atoms with Crippen LogP contribution >= 0.6 is 11.3 Å². The highest BCUT2D eigenvalue weighted by Gasteiger charge is 2.43. The van der Waals surface area contributed by atoms with Gasteiger partial charge in [0.2, 0.25) is 5.78 Å². The lowest BCUT2D eigenvalue weighted by molar-refractivity contribution is -0.124. The molecule has 0 spiro atoms. The number of amidine groups is 1. The summed E-state index contributed by atoms with van der Waals surface area (Å²) in [6.07, 6.45) is 1.60. The van der Waals surface area contributed by atoms with Gasteiger partial charge in [0, 0.05) is 6.20 Å². The van der Waals surface area contributed by atoms with E-state index in [0.717, 1.165) is 5.56 Å². The van der Waals surface area contributed by atoms with Gasteiger partial charge < -0.3 is 5.32 Å². The normalized spacial score (nSPS) is 20.2. The molecule has 1 aliphatic heterocycles. The molecule has 1 N–H and O–H groups in total. The molecule has 0 saturated heterocycles. The minimum Gasteiger partial charge on any atom is -0.307 e. The van der Waals surface area contributed by atoms with Crippen LogP contribution in [0.1, 0.15) is 47.3 Å². The molecule has 1 atom stereocenters. The molecule has 0 aliphatic carbocycles. The SMILES string of the molecule is Cc1ccsc1C(=O)c1cccnc1C1=NC(C)(C(C)C)C(=O)N1. The third-order valence-electron chi connectivity index (χ3n) is 4.50. The quantitative estimate of drug-likeness (QED) is 0.869. The predicted octanol–water partition coefficient (Wildman–Crippen LogP) is 2.97. The fraction of sp³-hybridized carbons (Fsp3) is 0.333. The van der Waals surface area contributed by atoms with E-state index in [0.29, 0.717) is 22.0 Å². The zero-order valence-electron chi connectivity index (χ0n) is 14.1. The van der Waals surface area contributed by atoms with E-state index in [1.165, 1.54) is 11.3 Å². The van der Waals surface area contributed by atoms with Crippen molar-refractivity contribution in [2.24, 2.45) is 10.9 Å². The maximum absolute atomic E-state index is 12.9. The number of aryl methyl sites for hydroxylation is 1. The predicted molar refractivity (Wildman–Crippen MR) is 94.6 cm³/mol. The van der Waals surface area contributed by atoms with Crippen molar-refractivity contribution in [3.8, 4) is 0 Å². The Balaban J connectivity index is 2.07. The molecule has 24 heavy (non-hydrogen) atoms. The molecule has 124 valence electrons. The number of nitrogens with zero attached hydrogens (tertiary/aromatic N) is 2. The molecule has 2 aromatic heterocycles. The van der Waals surface area contributed by atoms with Crippen LogP contribution in [0.5, 0.6) is 0 Å². The first-order valence-electron chi connectivity index (χ1n) is 7.80. The molecule has 5 nitrogen and oxygen atoms in total. The molecule has 1 unspecified atom stereocenters. The maximum Gasteiger partial charge on any atom is 0.253 e. The van der Waals surface area contributed by atoms with Crippen LogP contribution in [0, 0.1) is 12.8 Å².